The Kier molecular flexibility index (Phi) is 5.81. The summed E-state index contributed by atoms with van der Waals surface area (Å²) in [6, 6.07) is 2.07. The number of likely N-dealkylation sites (tertiary alicyclic amines) is 1. The van der Waals surface area contributed by atoms with Crippen LogP contribution in [0.4, 0.5) is 24.9 Å². The molecule has 158 valence electrons. The normalized spacial score (nSPS) is 19.5. The van der Waals surface area contributed by atoms with Gasteiger partial charge in [0.15, 0.2) is 0 Å². The number of aromatic nitrogens is 4. The Hall–Kier alpha value is -2.47. The first-order valence-corrected chi connectivity index (χ1v) is 9.51. The fourth-order valence-corrected chi connectivity index (χ4v) is 3.41. The third-order valence-corrected chi connectivity index (χ3v) is 4.94. The van der Waals surface area contributed by atoms with Crippen LogP contribution in [0.25, 0.3) is 0 Å². The van der Waals surface area contributed by atoms with Crippen LogP contribution in [0, 0.1) is 0 Å². The maximum absolute atomic E-state index is 12.5. The molecule has 0 atom stereocenters. The van der Waals surface area contributed by atoms with E-state index in [0.29, 0.717) is 32.3 Å². The zero-order chi connectivity index (χ0) is 20.3. The van der Waals surface area contributed by atoms with Crippen molar-refractivity contribution in [2.24, 2.45) is 0 Å². The Morgan fingerprint density at radius 2 is 1.86 bits per heavy atom. The lowest BCUT2D eigenvalue weighted by Crippen LogP contribution is -2.39. The molecule has 0 aromatic carbocycles. The number of anilines is 2. The Balaban J connectivity index is 1.27. The van der Waals surface area contributed by atoms with Gasteiger partial charge in [-0.2, -0.15) is 18.2 Å². The lowest BCUT2D eigenvalue weighted by Gasteiger charge is -2.32. The van der Waals surface area contributed by atoms with Gasteiger partial charge in [-0.3, -0.25) is 4.90 Å². The molecule has 2 fully saturated rings. The van der Waals surface area contributed by atoms with Crippen LogP contribution in [-0.4, -0.2) is 70.5 Å². The third-order valence-electron chi connectivity index (χ3n) is 4.94. The fourth-order valence-electron chi connectivity index (χ4n) is 3.41. The van der Waals surface area contributed by atoms with E-state index in [9.17, 15) is 13.2 Å². The van der Waals surface area contributed by atoms with E-state index in [4.69, 9.17) is 9.15 Å². The smallest absolute Gasteiger partial charge is 0.416 e. The summed E-state index contributed by atoms with van der Waals surface area (Å²) in [4.78, 5) is 13.0. The highest BCUT2D eigenvalue weighted by molar-refractivity contribution is 5.42. The van der Waals surface area contributed by atoms with Crippen molar-refractivity contribution in [3.8, 4) is 0 Å². The molecule has 0 radical (unpaired) electrons. The summed E-state index contributed by atoms with van der Waals surface area (Å²) in [5.74, 6) is 0.137. The van der Waals surface area contributed by atoms with Crippen molar-refractivity contribution in [3.63, 3.8) is 0 Å². The molecule has 0 unspecified atom stereocenters. The van der Waals surface area contributed by atoms with Crippen molar-refractivity contribution < 1.29 is 22.3 Å². The highest BCUT2D eigenvalue weighted by atomic mass is 19.4. The van der Waals surface area contributed by atoms with Gasteiger partial charge in [-0.15, -0.1) is 10.2 Å². The first-order chi connectivity index (χ1) is 14.0. The molecule has 2 aromatic rings. The number of hydrogen-bond donors (Lipinski definition) is 1. The summed E-state index contributed by atoms with van der Waals surface area (Å²) in [7, 11) is 0. The topological polar surface area (TPSA) is 92.4 Å². The third kappa shape index (κ3) is 5.12. The van der Waals surface area contributed by atoms with Crippen molar-refractivity contribution in [1.82, 2.24) is 25.1 Å². The molecule has 2 aliphatic rings. The van der Waals surface area contributed by atoms with Gasteiger partial charge < -0.3 is 19.4 Å². The van der Waals surface area contributed by atoms with Gasteiger partial charge in [0, 0.05) is 38.4 Å². The second-order valence-electron chi connectivity index (χ2n) is 7.03. The molecule has 9 nitrogen and oxygen atoms in total. The number of nitrogens with one attached hydrogen (secondary N) is 1. The monoisotopic (exact) mass is 413 g/mol. The molecule has 29 heavy (non-hydrogen) atoms. The van der Waals surface area contributed by atoms with Gasteiger partial charge in [-0.05, 0) is 18.9 Å². The molecule has 4 rings (SSSR count). The number of alkyl halides is 3. The molecule has 0 aliphatic carbocycles. The SMILES string of the molecule is FC(F)(F)c1nnc(CN2CCC(Nc3ccnc(N4CCOCC4)n3)CC2)o1. The number of piperidine rings is 1. The quantitative estimate of drug-likeness (QED) is 0.788. The average Bonchev–Trinajstić information content (AvgIpc) is 3.20. The molecule has 0 amide bonds. The van der Waals surface area contributed by atoms with Crippen LogP contribution in [0.15, 0.2) is 16.7 Å². The van der Waals surface area contributed by atoms with Crippen LogP contribution in [0.3, 0.4) is 0 Å². The van der Waals surface area contributed by atoms with Gasteiger partial charge in [-0.25, -0.2) is 4.98 Å². The number of hydrogen-bond acceptors (Lipinski definition) is 9. The molecule has 0 saturated carbocycles. The molecule has 12 heteroatoms. The number of rotatable bonds is 5. The van der Waals surface area contributed by atoms with Gasteiger partial charge in [0.1, 0.15) is 5.82 Å². The van der Waals surface area contributed by atoms with Crippen molar-refractivity contribution >= 4 is 11.8 Å². The van der Waals surface area contributed by atoms with Crippen LogP contribution in [-0.2, 0) is 17.5 Å². The minimum Gasteiger partial charge on any atom is -0.416 e. The number of halogens is 3. The maximum atomic E-state index is 12.5. The van der Waals surface area contributed by atoms with E-state index in [1.54, 1.807) is 6.20 Å². The van der Waals surface area contributed by atoms with Crippen LogP contribution >= 0.6 is 0 Å². The fraction of sp³-hybridized carbons (Fsp3) is 0.647. The standard InChI is InChI=1S/C17H22F3N7O2/c18-17(19,20)15-25-24-14(29-15)11-26-5-2-12(3-6-26)22-13-1-4-21-16(23-13)27-7-9-28-10-8-27/h1,4,12H,2-3,5-11H2,(H,21,22,23). The minimum absolute atomic E-state index is 0.0188. The molecular formula is C17H22F3N7O2. The lowest BCUT2D eigenvalue weighted by molar-refractivity contribution is -0.157. The molecule has 2 aliphatic heterocycles. The molecule has 0 bridgehead atoms. The van der Waals surface area contributed by atoms with E-state index in [0.717, 1.165) is 31.7 Å². The zero-order valence-electron chi connectivity index (χ0n) is 15.7. The molecular weight excluding hydrogens is 391 g/mol. The van der Waals surface area contributed by atoms with Crippen molar-refractivity contribution in [3.05, 3.63) is 24.0 Å². The molecule has 1 N–H and O–H groups in total. The first kappa shape index (κ1) is 19.8. The Labute approximate surface area is 165 Å². The van der Waals surface area contributed by atoms with Crippen LogP contribution in [0.5, 0.6) is 0 Å². The summed E-state index contributed by atoms with van der Waals surface area (Å²) >= 11 is 0. The van der Waals surface area contributed by atoms with E-state index < -0.39 is 12.1 Å². The summed E-state index contributed by atoms with van der Waals surface area (Å²) in [5.41, 5.74) is 0. The highest BCUT2D eigenvalue weighted by Gasteiger charge is 2.38. The van der Waals surface area contributed by atoms with Crippen LogP contribution in [0.1, 0.15) is 24.6 Å². The van der Waals surface area contributed by atoms with E-state index in [1.165, 1.54) is 0 Å². The van der Waals surface area contributed by atoms with E-state index in [-0.39, 0.29) is 18.5 Å². The summed E-state index contributed by atoms with van der Waals surface area (Å²) in [6.07, 6.45) is -1.21. The van der Waals surface area contributed by atoms with Crippen molar-refractivity contribution in [2.45, 2.75) is 31.6 Å². The van der Waals surface area contributed by atoms with E-state index in [2.05, 4.69) is 30.4 Å². The van der Waals surface area contributed by atoms with Gasteiger partial charge in [0.2, 0.25) is 11.8 Å². The van der Waals surface area contributed by atoms with Gasteiger partial charge in [0.25, 0.3) is 0 Å². The highest BCUT2D eigenvalue weighted by Crippen LogP contribution is 2.28. The summed E-state index contributed by atoms with van der Waals surface area (Å²) < 4.78 is 47.7. The number of ether oxygens (including phenoxy) is 1. The predicted octanol–water partition coefficient (Wildman–Crippen LogP) is 1.79. The second kappa shape index (κ2) is 8.49. The van der Waals surface area contributed by atoms with Gasteiger partial charge in [0.05, 0.1) is 19.8 Å². The van der Waals surface area contributed by atoms with Crippen molar-refractivity contribution in [2.75, 3.05) is 49.6 Å². The summed E-state index contributed by atoms with van der Waals surface area (Å²) in [5, 5.41) is 9.99. The van der Waals surface area contributed by atoms with E-state index in [1.807, 2.05) is 11.0 Å². The van der Waals surface area contributed by atoms with Crippen LogP contribution < -0.4 is 10.2 Å². The molecule has 2 aromatic heterocycles. The molecule has 4 heterocycles. The Morgan fingerprint density at radius 3 is 2.55 bits per heavy atom. The van der Waals surface area contributed by atoms with Crippen molar-refractivity contribution in [1.29, 1.82) is 0 Å². The molecule has 2 saturated heterocycles. The van der Waals surface area contributed by atoms with Crippen LogP contribution in [0.2, 0.25) is 0 Å². The predicted molar refractivity (Wildman–Crippen MR) is 96.3 cm³/mol. The number of morpholine rings is 1. The van der Waals surface area contributed by atoms with E-state index >= 15 is 0 Å². The largest absolute Gasteiger partial charge is 0.470 e. The van der Waals surface area contributed by atoms with Gasteiger partial charge >= 0.3 is 12.1 Å². The maximum Gasteiger partial charge on any atom is 0.470 e. The summed E-state index contributed by atoms with van der Waals surface area (Å²) in [6.45, 7) is 4.52. The number of nitrogens with zero attached hydrogens (tertiary/aromatic N) is 6. The lowest BCUT2D eigenvalue weighted by atomic mass is 10.1. The first-order valence-electron chi connectivity index (χ1n) is 9.51. The molecule has 0 spiro atoms. The Morgan fingerprint density at radius 1 is 1.10 bits per heavy atom. The van der Waals surface area contributed by atoms with Gasteiger partial charge in [-0.1, -0.05) is 0 Å². The zero-order valence-corrected chi connectivity index (χ0v) is 15.7. The Bertz CT molecular complexity index is 802. The second-order valence-corrected chi connectivity index (χ2v) is 7.03. The minimum atomic E-state index is -4.61. The average molecular weight is 413 g/mol.